The highest BCUT2D eigenvalue weighted by Crippen LogP contribution is 2.27. The van der Waals surface area contributed by atoms with Crippen LogP contribution in [-0.2, 0) is 4.74 Å². The standard InChI is InChI=1S/C16H18N4O3/c1-11-2-3-15(18-17-11)20-5-7-23-14-9-19(8-13(14)20)16(21)12-4-6-22-10-12/h2-4,6,10,13-14H,5,7-9H2,1H3/t13-,14+/m0/s1. The van der Waals surface area contributed by atoms with Gasteiger partial charge in [0.15, 0.2) is 5.82 Å². The van der Waals surface area contributed by atoms with Crippen LogP contribution in [0.1, 0.15) is 16.1 Å². The summed E-state index contributed by atoms with van der Waals surface area (Å²) in [6.45, 7) is 4.51. The second-order valence-corrected chi connectivity index (χ2v) is 5.93. The van der Waals surface area contributed by atoms with Crippen LogP contribution < -0.4 is 4.90 Å². The van der Waals surface area contributed by atoms with Crippen LogP contribution >= 0.6 is 0 Å². The number of hydrogen-bond acceptors (Lipinski definition) is 6. The highest BCUT2D eigenvalue weighted by atomic mass is 16.5. The highest BCUT2D eigenvalue weighted by molar-refractivity contribution is 5.94. The number of rotatable bonds is 2. The molecule has 2 aromatic heterocycles. The number of carbonyl (C=O) groups is 1. The van der Waals surface area contributed by atoms with Gasteiger partial charge in [-0.3, -0.25) is 4.79 Å². The summed E-state index contributed by atoms with van der Waals surface area (Å²) < 4.78 is 10.9. The van der Waals surface area contributed by atoms with Crippen LogP contribution in [0.25, 0.3) is 0 Å². The Morgan fingerprint density at radius 3 is 2.91 bits per heavy atom. The molecule has 120 valence electrons. The van der Waals surface area contributed by atoms with Crippen molar-refractivity contribution >= 4 is 11.7 Å². The first-order valence-electron chi connectivity index (χ1n) is 7.72. The number of amides is 1. The van der Waals surface area contributed by atoms with Gasteiger partial charge in [0, 0.05) is 19.6 Å². The number of hydrogen-bond donors (Lipinski definition) is 0. The van der Waals surface area contributed by atoms with Gasteiger partial charge in [-0.15, -0.1) is 5.10 Å². The van der Waals surface area contributed by atoms with Crippen molar-refractivity contribution in [3.05, 3.63) is 42.0 Å². The fourth-order valence-electron chi connectivity index (χ4n) is 3.25. The second kappa shape index (κ2) is 5.66. The Balaban J connectivity index is 1.54. The minimum atomic E-state index is -0.0216. The largest absolute Gasteiger partial charge is 0.472 e. The molecule has 0 N–H and O–H groups in total. The normalized spacial score (nSPS) is 23.9. The molecule has 0 aliphatic carbocycles. The number of aromatic nitrogens is 2. The molecule has 2 aromatic rings. The van der Waals surface area contributed by atoms with Crippen LogP contribution in [0, 0.1) is 6.92 Å². The minimum Gasteiger partial charge on any atom is -0.472 e. The molecule has 0 saturated carbocycles. The smallest absolute Gasteiger partial charge is 0.257 e. The molecule has 4 rings (SSSR count). The molecule has 0 aromatic carbocycles. The molecule has 0 unspecified atom stereocenters. The molecule has 2 saturated heterocycles. The summed E-state index contributed by atoms with van der Waals surface area (Å²) >= 11 is 0. The first-order valence-corrected chi connectivity index (χ1v) is 7.72. The van der Waals surface area contributed by atoms with Crippen LogP contribution in [0.3, 0.4) is 0 Å². The van der Waals surface area contributed by atoms with E-state index in [-0.39, 0.29) is 18.1 Å². The molecular formula is C16H18N4O3. The summed E-state index contributed by atoms with van der Waals surface area (Å²) in [5, 5.41) is 8.42. The number of nitrogens with zero attached hydrogens (tertiary/aromatic N) is 4. The lowest BCUT2D eigenvalue weighted by molar-refractivity contribution is 0.0299. The quantitative estimate of drug-likeness (QED) is 0.827. The Kier molecular flexibility index (Phi) is 3.49. The topological polar surface area (TPSA) is 71.7 Å². The third-order valence-electron chi connectivity index (χ3n) is 4.43. The predicted octanol–water partition coefficient (Wildman–Crippen LogP) is 1.11. The van der Waals surface area contributed by atoms with Crippen molar-refractivity contribution in [1.82, 2.24) is 15.1 Å². The van der Waals surface area contributed by atoms with Gasteiger partial charge in [-0.05, 0) is 25.1 Å². The number of likely N-dealkylation sites (tertiary alicyclic amines) is 1. The van der Waals surface area contributed by atoms with E-state index in [0.717, 1.165) is 18.1 Å². The fourth-order valence-corrected chi connectivity index (χ4v) is 3.25. The van der Waals surface area contributed by atoms with Crippen LogP contribution in [0.4, 0.5) is 5.82 Å². The van der Waals surface area contributed by atoms with Gasteiger partial charge in [-0.25, -0.2) is 0 Å². The van der Waals surface area contributed by atoms with E-state index in [1.165, 1.54) is 12.5 Å². The van der Waals surface area contributed by atoms with Crippen LogP contribution in [0.5, 0.6) is 0 Å². The molecular weight excluding hydrogens is 296 g/mol. The molecule has 2 fully saturated rings. The van der Waals surface area contributed by atoms with Crippen molar-refractivity contribution < 1.29 is 13.9 Å². The molecule has 0 bridgehead atoms. The third-order valence-corrected chi connectivity index (χ3v) is 4.43. The fraction of sp³-hybridized carbons (Fsp3) is 0.438. The molecule has 4 heterocycles. The van der Waals surface area contributed by atoms with Gasteiger partial charge in [-0.1, -0.05) is 0 Å². The van der Waals surface area contributed by atoms with E-state index >= 15 is 0 Å². The molecule has 0 radical (unpaired) electrons. The van der Waals surface area contributed by atoms with Crippen LogP contribution in [0.15, 0.2) is 35.1 Å². The third kappa shape index (κ3) is 2.57. The summed E-state index contributed by atoms with van der Waals surface area (Å²) in [6.07, 6.45) is 3.00. The maximum Gasteiger partial charge on any atom is 0.257 e. The lowest BCUT2D eigenvalue weighted by Gasteiger charge is -2.37. The number of ether oxygens (including phenoxy) is 1. The minimum absolute atomic E-state index is 0.00250. The first-order chi connectivity index (χ1) is 11.2. The second-order valence-electron chi connectivity index (χ2n) is 5.93. The number of anilines is 1. The van der Waals surface area contributed by atoms with Gasteiger partial charge in [-0.2, -0.15) is 5.10 Å². The summed E-state index contributed by atoms with van der Waals surface area (Å²) in [4.78, 5) is 16.5. The zero-order valence-corrected chi connectivity index (χ0v) is 12.9. The monoisotopic (exact) mass is 314 g/mol. The highest BCUT2D eigenvalue weighted by Gasteiger charge is 2.42. The van der Waals surface area contributed by atoms with Crippen molar-refractivity contribution in [2.75, 3.05) is 31.1 Å². The summed E-state index contributed by atoms with van der Waals surface area (Å²) in [7, 11) is 0. The average molecular weight is 314 g/mol. The predicted molar refractivity (Wildman–Crippen MR) is 82.3 cm³/mol. The molecule has 0 spiro atoms. The molecule has 2 atom stereocenters. The first kappa shape index (κ1) is 14.2. The summed E-state index contributed by atoms with van der Waals surface area (Å²) in [5.74, 6) is 0.818. The Bertz CT molecular complexity index is 686. The summed E-state index contributed by atoms with van der Waals surface area (Å²) in [5.41, 5.74) is 1.46. The van der Waals surface area contributed by atoms with Gasteiger partial charge in [0.2, 0.25) is 0 Å². The van der Waals surface area contributed by atoms with E-state index in [1.807, 2.05) is 24.0 Å². The SMILES string of the molecule is Cc1ccc(N2CCO[C@@H]3CN(C(=O)c4ccoc4)C[C@@H]32)nn1. The molecule has 7 nitrogen and oxygen atoms in total. The maximum absolute atomic E-state index is 12.5. The van der Waals surface area contributed by atoms with Crippen LogP contribution in [0.2, 0.25) is 0 Å². The average Bonchev–Trinajstić information content (AvgIpc) is 3.24. The van der Waals surface area contributed by atoms with Crippen molar-refractivity contribution in [3.8, 4) is 0 Å². The maximum atomic E-state index is 12.5. The molecule has 1 amide bonds. The van der Waals surface area contributed by atoms with Crippen LogP contribution in [-0.4, -0.2) is 59.4 Å². The van der Waals surface area contributed by atoms with Gasteiger partial charge in [0.25, 0.3) is 5.91 Å². The number of aryl methyl sites for hydroxylation is 1. The Hall–Kier alpha value is -2.41. The number of morpholine rings is 1. The van der Waals surface area contributed by atoms with E-state index in [0.29, 0.717) is 25.3 Å². The van der Waals surface area contributed by atoms with Gasteiger partial charge in [0.05, 0.1) is 36.3 Å². The van der Waals surface area contributed by atoms with Gasteiger partial charge < -0.3 is 19.0 Å². The van der Waals surface area contributed by atoms with Crippen molar-refractivity contribution in [2.45, 2.75) is 19.1 Å². The molecule has 2 aliphatic heterocycles. The Morgan fingerprint density at radius 2 is 2.17 bits per heavy atom. The molecule has 7 heteroatoms. The zero-order chi connectivity index (χ0) is 15.8. The lowest BCUT2D eigenvalue weighted by Crippen LogP contribution is -2.51. The van der Waals surface area contributed by atoms with Crippen molar-refractivity contribution in [1.29, 1.82) is 0 Å². The van der Waals surface area contributed by atoms with Gasteiger partial charge in [0.1, 0.15) is 6.26 Å². The number of carbonyl (C=O) groups excluding carboxylic acids is 1. The molecule has 2 aliphatic rings. The molecule has 23 heavy (non-hydrogen) atoms. The van der Waals surface area contributed by atoms with Crippen molar-refractivity contribution in [3.63, 3.8) is 0 Å². The van der Waals surface area contributed by atoms with Gasteiger partial charge >= 0.3 is 0 Å². The van der Waals surface area contributed by atoms with E-state index in [4.69, 9.17) is 9.15 Å². The van der Waals surface area contributed by atoms with E-state index in [1.54, 1.807) is 6.07 Å². The van der Waals surface area contributed by atoms with Crippen molar-refractivity contribution in [2.24, 2.45) is 0 Å². The number of fused-ring (bicyclic) bond motifs is 1. The van der Waals surface area contributed by atoms with E-state index < -0.39 is 0 Å². The van der Waals surface area contributed by atoms with E-state index in [9.17, 15) is 4.79 Å². The van der Waals surface area contributed by atoms with E-state index in [2.05, 4.69) is 15.1 Å². The Morgan fingerprint density at radius 1 is 1.26 bits per heavy atom. The Labute approximate surface area is 133 Å². The zero-order valence-electron chi connectivity index (χ0n) is 12.9. The lowest BCUT2D eigenvalue weighted by atomic mass is 10.1. The summed E-state index contributed by atoms with van der Waals surface area (Å²) in [6, 6.07) is 5.73. The number of furan rings is 1.